The van der Waals surface area contributed by atoms with Gasteiger partial charge >= 0.3 is 0 Å². The summed E-state index contributed by atoms with van der Waals surface area (Å²) in [4.78, 5) is 27.2. The monoisotopic (exact) mass is 370 g/mol. The minimum atomic E-state index is -0.219. The first-order valence-electron chi connectivity index (χ1n) is 9.99. The Hall–Kier alpha value is -2.21. The Morgan fingerprint density at radius 1 is 1.22 bits per heavy atom. The predicted molar refractivity (Wildman–Crippen MR) is 108 cm³/mol. The Bertz CT molecular complexity index is 840. The van der Waals surface area contributed by atoms with Crippen molar-refractivity contribution in [2.24, 2.45) is 0 Å². The Morgan fingerprint density at radius 3 is 2.67 bits per heavy atom. The fourth-order valence-electron chi connectivity index (χ4n) is 3.96. The summed E-state index contributed by atoms with van der Waals surface area (Å²) in [5.41, 5.74) is 0.537. The number of rotatable bonds is 7. The van der Waals surface area contributed by atoms with Gasteiger partial charge in [-0.05, 0) is 45.8 Å². The average Bonchev–Trinajstić information content (AvgIpc) is 2.70. The van der Waals surface area contributed by atoms with Gasteiger partial charge in [0.1, 0.15) is 6.54 Å². The molecule has 0 radical (unpaired) electrons. The second-order valence-electron chi connectivity index (χ2n) is 7.57. The van der Waals surface area contributed by atoms with Gasteiger partial charge in [-0.2, -0.15) is 5.10 Å². The molecule has 146 valence electrons. The van der Waals surface area contributed by atoms with Crippen molar-refractivity contribution in [2.75, 3.05) is 20.1 Å². The van der Waals surface area contributed by atoms with Crippen molar-refractivity contribution < 1.29 is 4.79 Å². The topological polar surface area (TPSA) is 67.2 Å². The molecule has 0 atom stereocenters. The second kappa shape index (κ2) is 9.13. The zero-order chi connectivity index (χ0) is 19.2. The van der Waals surface area contributed by atoms with Crippen LogP contribution in [0.1, 0.15) is 44.2 Å². The fraction of sp³-hybridized carbons (Fsp3) is 0.571. The van der Waals surface area contributed by atoms with Crippen LogP contribution in [0.2, 0.25) is 0 Å². The molecule has 2 aromatic rings. The lowest BCUT2D eigenvalue weighted by Crippen LogP contribution is -2.37. The first kappa shape index (κ1) is 19.5. The summed E-state index contributed by atoms with van der Waals surface area (Å²) in [7, 11) is 2.18. The van der Waals surface area contributed by atoms with E-state index in [4.69, 9.17) is 0 Å². The van der Waals surface area contributed by atoms with Crippen LogP contribution in [0.15, 0.2) is 29.1 Å². The molecule has 27 heavy (non-hydrogen) atoms. The number of benzene rings is 1. The van der Waals surface area contributed by atoms with Crippen LogP contribution in [0.25, 0.3) is 10.8 Å². The van der Waals surface area contributed by atoms with Crippen LogP contribution in [0, 0.1) is 6.92 Å². The molecule has 0 bridgehead atoms. The van der Waals surface area contributed by atoms with Crippen LogP contribution >= 0.6 is 0 Å². The lowest BCUT2D eigenvalue weighted by molar-refractivity contribution is -0.121. The molecule has 6 heteroatoms. The smallest absolute Gasteiger partial charge is 0.275 e. The first-order chi connectivity index (χ1) is 13.1. The highest BCUT2D eigenvalue weighted by molar-refractivity contribution is 5.83. The Labute approximate surface area is 160 Å². The van der Waals surface area contributed by atoms with Crippen molar-refractivity contribution in [3.05, 3.63) is 40.3 Å². The average molecular weight is 370 g/mol. The molecule has 1 aromatic carbocycles. The molecule has 0 aliphatic heterocycles. The van der Waals surface area contributed by atoms with Crippen LogP contribution in [-0.4, -0.2) is 46.8 Å². The molecule has 1 saturated carbocycles. The highest BCUT2D eigenvalue weighted by Crippen LogP contribution is 2.21. The number of nitrogens with one attached hydrogen (secondary N) is 1. The second-order valence-corrected chi connectivity index (χ2v) is 7.57. The van der Waals surface area contributed by atoms with Crippen LogP contribution in [0.5, 0.6) is 0 Å². The Morgan fingerprint density at radius 2 is 1.93 bits per heavy atom. The SMILES string of the molecule is Cc1nn(CC(=O)NCCCN(C)C2CCCCC2)c(=O)c2ccccc12. The summed E-state index contributed by atoms with van der Waals surface area (Å²) in [5.74, 6) is -0.167. The van der Waals surface area contributed by atoms with Gasteiger partial charge in [-0.25, -0.2) is 4.68 Å². The molecule has 3 rings (SSSR count). The lowest BCUT2D eigenvalue weighted by Gasteiger charge is -2.31. The molecular weight excluding hydrogens is 340 g/mol. The summed E-state index contributed by atoms with van der Waals surface area (Å²) < 4.78 is 1.27. The summed E-state index contributed by atoms with van der Waals surface area (Å²) in [6, 6.07) is 8.07. The van der Waals surface area contributed by atoms with E-state index >= 15 is 0 Å². The number of amides is 1. The van der Waals surface area contributed by atoms with E-state index in [2.05, 4.69) is 22.4 Å². The minimum Gasteiger partial charge on any atom is -0.354 e. The van der Waals surface area contributed by atoms with E-state index in [-0.39, 0.29) is 18.0 Å². The van der Waals surface area contributed by atoms with Crippen molar-refractivity contribution in [3.8, 4) is 0 Å². The van der Waals surface area contributed by atoms with Crippen molar-refractivity contribution in [2.45, 2.75) is 58.0 Å². The van der Waals surface area contributed by atoms with E-state index in [9.17, 15) is 9.59 Å². The standard InChI is InChI=1S/C21H30N4O2/c1-16-18-11-6-7-12-19(18)21(27)25(23-16)15-20(26)22-13-8-14-24(2)17-9-4-3-5-10-17/h6-7,11-12,17H,3-5,8-10,13-15H2,1-2H3,(H,22,26). The van der Waals surface area contributed by atoms with Crippen molar-refractivity contribution >= 4 is 16.7 Å². The molecule has 6 nitrogen and oxygen atoms in total. The number of carbonyl (C=O) groups is 1. The van der Waals surface area contributed by atoms with Gasteiger partial charge in [-0.3, -0.25) is 9.59 Å². The van der Waals surface area contributed by atoms with E-state index in [0.29, 0.717) is 18.0 Å². The quantitative estimate of drug-likeness (QED) is 0.761. The van der Waals surface area contributed by atoms with Gasteiger partial charge in [0, 0.05) is 18.0 Å². The van der Waals surface area contributed by atoms with Crippen LogP contribution in [-0.2, 0) is 11.3 Å². The molecule has 1 amide bonds. The Kier molecular flexibility index (Phi) is 6.61. The van der Waals surface area contributed by atoms with Gasteiger partial charge in [-0.15, -0.1) is 0 Å². The predicted octanol–water partition coefficient (Wildman–Crippen LogP) is 2.48. The summed E-state index contributed by atoms with van der Waals surface area (Å²) in [6.07, 6.45) is 7.52. The molecule has 1 fully saturated rings. The summed E-state index contributed by atoms with van der Waals surface area (Å²) in [6.45, 7) is 3.43. The zero-order valence-corrected chi connectivity index (χ0v) is 16.4. The van der Waals surface area contributed by atoms with Gasteiger partial charge in [0.05, 0.1) is 11.1 Å². The molecule has 1 aliphatic carbocycles. The van der Waals surface area contributed by atoms with E-state index < -0.39 is 0 Å². The minimum absolute atomic E-state index is 0.0387. The van der Waals surface area contributed by atoms with Gasteiger partial charge in [-0.1, -0.05) is 37.5 Å². The third-order valence-electron chi connectivity index (χ3n) is 5.55. The number of aromatic nitrogens is 2. The van der Waals surface area contributed by atoms with Crippen molar-refractivity contribution in [1.82, 2.24) is 20.0 Å². The normalized spacial score (nSPS) is 15.4. The maximum absolute atomic E-state index is 12.5. The summed E-state index contributed by atoms with van der Waals surface area (Å²) >= 11 is 0. The van der Waals surface area contributed by atoms with Gasteiger partial charge in [0.2, 0.25) is 5.91 Å². The third-order valence-corrected chi connectivity index (χ3v) is 5.55. The molecule has 1 aliphatic rings. The molecule has 0 saturated heterocycles. The number of carbonyl (C=O) groups excluding carboxylic acids is 1. The largest absolute Gasteiger partial charge is 0.354 e. The van der Waals surface area contributed by atoms with E-state index in [1.165, 1.54) is 36.8 Å². The highest BCUT2D eigenvalue weighted by Gasteiger charge is 2.17. The zero-order valence-electron chi connectivity index (χ0n) is 16.4. The Balaban J connectivity index is 1.49. The number of nitrogens with zero attached hydrogens (tertiary/aromatic N) is 3. The molecule has 0 spiro atoms. The highest BCUT2D eigenvalue weighted by atomic mass is 16.2. The fourth-order valence-corrected chi connectivity index (χ4v) is 3.96. The van der Waals surface area contributed by atoms with Crippen molar-refractivity contribution in [3.63, 3.8) is 0 Å². The van der Waals surface area contributed by atoms with Gasteiger partial charge in [0.25, 0.3) is 5.56 Å². The number of hydrogen-bond acceptors (Lipinski definition) is 4. The molecule has 0 unspecified atom stereocenters. The molecule has 1 heterocycles. The van der Waals surface area contributed by atoms with Crippen LogP contribution < -0.4 is 10.9 Å². The van der Waals surface area contributed by atoms with Crippen molar-refractivity contribution in [1.29, 1.82) is 0 Å². The maximum Gasteiger partial charge on any atom is 0.275 e. The molecular formula is C21H30N4O2. The van der Waals surface area contributed by atoms with E-state index in [0.717, 1.165) is 24.0 Å². The molecule has 1 aromatic heterocycles. The summed E-state index contributed by atoms with van der Waals surface area (Å²) in [5, 5.41) is 8.65. The van der Waals surface area contributed by atoms with Crippen LogP contribution in [0.3, 0.4) is 0 Å². The lowest BCUT2D eigenvalue weighted by atomic mass is 9.94. The number of hydrogen-bond donors (Lipinski definition) is 1. The maximum atomic E-state index is 12.5. The first-order valence-corrected chi connectivity index (χ1v) is 9.99. The third kappa shape index (κ3) is 4.95. The molecule has 1 N–H and O–H groups in total. The number of fused-ring (bicyclic) bond motifs is 1. The van der Waals surface area contributed by atoms with E-state index in [1.54, 1.807) is 6.07 Å². The van der Waals surface area contributed by atoms with E-state index in [1.807, 2.05) is 25.1 Å². The van der Waals surface area contributed by atoms with Gasteiger partial charge < -0.3 is 10.2 Å². The van der Waals surface area contributed by atoms with Gasteiger partial charge in [0.15, 0.2) is 0 Å². The number of aryl methyl sites for hydroxylation is 1. The van der Waals surface area contributed by atoms with Crippen LogP contribution in [0.4, 0.5) is 0 Å².